The van der Waals surface area contributed by atoms with E-state index in [2.05, 4.69) is 34.0 Å². The summed E-state index contributed by atoms with van der Waals surface area (Å²) in [4.78, 5) is 4.33. The highest BCUT2D eigenvalue weighted by Crippen LogP contribution is 2.27. The summed E-state index contributed by atoms with van der Waals surface area (Å²) in [6.45, 7) is 0. The molecule has 0 saturated carbocycles. The number of fused-ring (bicyclic) bond motifs is 1. The number of sulfonamides is 1. The Morgan fingerprint density at radius 2 is 1.81 bits per heavy atom. The molecule has 27 heavy (non-hydrogen) atoms. The number of aromatic nitrogens is 2. The highest BCUT2D eigenvalue weighted by Gasteiger charge is 2.15. The van der Waals surface area contributed by atoms with Crippen molar-refractivity contribution in [1.82, 2.24) is 14.3 Å². The van der Waals surface area contributed by atoms with Gasteiger partial charge in [-0.3, -0.25) is 0 Å². The molecule has 3 aromatic rings. The molecule has 0 fully saturated rings. The Balaban J connectivity index is 0.000000323. The van der Waals surface area contributed by atoms with Crippen LogP contribution >= 0.6 is 0 Å². The first kappa shape index (κ1) is 19.1. The molecule has 0 radical (unpaired) electrons. The largest absolute Gasteiger partial charge is 0.398 e. The lowest BCUT2D eigenvalue weighted by molar-refractivity contribution is 0.588. The first-order chi connectivity index (χ1) is 12.9. The third-order valence-electron chi connectivity index (χ3n) is 4.60. The molecular weight excluding hydrogens is 360 g/mol. The van der Waals surface area contributed by atoms with Crippen molar-refractivity contribution in [2.24, 2.45) is 7.05 Å². The molecule has 1 heterocycles. The lowest BCUT2D eigenvalue weighted by atomic mass is 10.1. The maximum atomic E-state index is 11.7. The van der Waals surface area contributed by atoms with E-state index in [0.717, 1.165) is 0 Å². The van der Waals surface area contributed by atoms with Crippen molar-refractivity contribution in [1.29, 1.82) is 0 Å². The fraction of sp³-hybridized carbons (Fsp3) is 0.250. The van der Waals surface area contributed by atoms with E-state index in [1.54, 1.807) is 34.3 Å². The van der Waals surface area contributed by atoms with Crippen molar-refractivity contribution in [3.05, 3.63) is 66.1 Å². The highest BCUT2D eigenvalue weighted by molar-refractivity contribution is 7.89. The zero-order valence-electron chi connectivity index (χ0n) is 15.5. The first-order valence-corrected chi connectivity index (χ1v) is 10.3. The van der Waals surface area contributed by atoms with Crippen molar-refractivity contribution in [2.45, 2.75) is 24.2 Å². The maximum Gasteiger partial charge on any atom is 0.240 e. The molecule has 1 aliphatic carbocycles. The molecule has 6 nitrogen and oxygen atoms in total. The van der Waals surface area contributed by atoms with Crippen LogP contribution in [-0.4, -0.2) is 25.0 Å². The van der Waals surface area contributed by atoms with Gasteiger partial charge in [0.25, 0.3) is 0 Å². The second kappa shape index (κ2) is 7.94. The summed E-state index contributed by atoms with van der Waals surface area (Å²) in [5, 5.41) is 0. The monoisotopic (exact) mass is 388 g/mol. The molecule has 0 unspecified atom stereocenters. The fourth-order valence-electron chi connectivity index (χ4n) is 3.11. The van der Waals surface area contributed by atoms with E-state index >= 15 is 0 Å². The normalized spacial score (nSPS) is 13.0. The summed E-state index contributed by atoms with van der Waals surface area (Å²) in [6, 6.07) is 13.3. The number of rotatable bonds is 3. The van der Waals surface area contributed by atoms with Crippen LogP contribution < -0.4 is 10.5 Å². The number of aryl methyl sites for hydroxylation is 3. The van der Waals surface area contributed by atoms with E-state index in [1.807, 2.05) is 7.05 Å². The number of imidazole rings is 1. The number of nitrogens with one attached hydrogen (secondary N) is 1. The number of benzene rings is 2. The summed E-state index contributed by atoms with van der Waals surface area (Å²) in [6.07, 6.45) is 7.38. The third-order valence-corrected chi connectivity index (χ3v) is 6.01. The second-order valence-corrected chi connectivity index (χ2v) is 8.39. The fourth-order valence-corrected chi connectivity index (χ4v) is 3.86. The second-order valence-electron chi connectivity index (χ2n) is 6.50. The summed E-state index contributed by atoms with van der Waals surface area (Å²) in [5.41, 5.74) is 10.7. The molecule has 0 aliphatic heterocycles. The van der Waals surface area contributed by atoms with Crippen LogP contribution in [0.2, 0.25) is 0 Å². The van der Waals surface area contributed by atoms with Gasteiger partial charge >= 0.3 is 0 Å². The SMILES string of the molecule is CNS(=O)(=O)c1ccc(N)c(-c2cn(C)cn2)c1.[HH].[HH].c1ccc2c(c1)CCC2. The van der Waals surface area contributed by atoms with Gasteiger partial charge in [-0.05, 0) is 55.6 Å². The van der Waals surface area contributed by atoms with Crippen molar-refractivity contribution >= 4 is 15.7 Å². The number of nitrogens with zero attached hydrogens (tertiary/aromatic N) is 2. The minimum absolute atomic E-state index is 0. The predicted molar refractivity (Wildman–Crippen MR) is 112 cm³/mol. The third kappa shape index (κ3) is 4.37. The van der Waals surface area contributed by atoms with Crippen LogP contribution in [0.1, 0.15) is 20.4 Å². The van der Waals surface area contributed by atoms with Gasteiger partial charge in [0.2, 0.25) is 10.0 Å². The molecular formula is C20H28N4O2S. The van der Waals surface area contributed by atoms with Crippen molar-refractivity contribution in [2.75, 3.05) is 12.8 Å². The average molecular weight is 389 g/mol. The maximum absolute atomic E-state index is 11.7. The Hall–Kier alpha value is -2.64. The van der Waals surface area contributed by atoms with E-state index in [-0.39, 0.29) is 7.75 Å². The predicted octanol–water partition coefficient (Wildman–Crippen LogP) is 3.24. The number of anilines is 1. The molecule has 0 bridgehead atoms. The Bertz CT molecular complexity index is 1030. The lowest BCUT2D eigenvalue weighted by Gasteiger charge is -2.07. The molecule has 0 saturated heterocycles. The Morgan fingerprint density at radius 3 is 2.37 bits per heavy atom. The van der Waals surface area contributed by atoms with Gasteiger partial charge in [0.05, 0.1) is 16.9 Å². The van der Waals surface area contributed by atoms with Gasteiger partial charge < -0.3 is 10.3 Å². The van der Waals surface area contributed by atoms with Crippen LogP contribution in [0.3, 0.4) is 0 Å². The van der Waals surface area contributed by atoms with Crippen LogP contribution in [0, 0.1) is 0 Å². The van der Waals surface area contributed by atoms with Gasteiger partial charge in [-0.15, -0.1) is 0 Å². The molecule has 4 rings (SSSR count). The molecule has 3 N–H and O–H groups in total. The van der Waals surface area contributed by atoms with E-state index in [1.165, 1.54) is 38.4 Å². The van der Waals surface area contributed by atoms with E-state index in [4.69, 9.17) is 5.73 Å². The van der Waals surface area contributed by atoms with Crippen LogP contribution in [0.4, 0.5) is 5.69 Å². The summed E-state index contributed by atoms with van der Waals surface area (Å²) in [7, 11) is -0.277. The Labute approximate surface area is 163 Å². The number of nitrogen functional groups attached to an aromatic ring is 1. The summed E-state index contributed by atoms with van der Waals surface area (Å²) in [5.74, 6) is 0. The van der Waals surface area contributed by atoms with Crippen LogP contribution in [0.15, 0.2) is 59.9 Å². The highest BCUT2D eigenvalue weighted by atomic mass is 32.2. The van der Waals surface area contributed by atoms with Gasteiger partial charge in [0.15, 0.2) is 0 Å². The van der Waals surface area contributed by atoms with Crippen molar-refractivity contribution in [3.8, 4) is 11.3 Å². The van der Waals surface area contributed by atoms with Crippen molar-refractivity contribution in [3.63, 3.8) is 0 Å². The topological polar surface area (TPSA) is 90.0 Å². The van der Waals surface area contributed by atoms with Crippen LogP contribution in [0.5, 0.6) is 0 Å². The lowest BCUT2D eigenvalue weighted by Crippen LogP contribution is -2.18. The van der Waals surface area contributed by atoms with Gasteiger partial charge in [0, 0.05) is 27.3 Å². The number of hydrogen-bond donors (Lipinski definition) is 2. The molecule has 0 atom stereocenters. The van der Waals surface area contributed by atoms with Gasteiger partial charge in [-0.25, -0.2) is 18.1 Å². The summed E-state index contributed by atoms with van der Waals surface area (Å²) < 4.78 is 27.5. The minimum Gasteiger partial charge on any atom is -0.398 e. The number of hydrogen-bond acceptors (Lipinski definition) is 4. The van der Waals surface area contributed by atoms with E-state index in [0.29, 0.717) is 16.9 Å². The van der Waals surface area contributed by atoms with E-state index in [9.17, 15) is 8.42 Å². The molecule has 146 valence electrons. The Kier molecular flexibility index (Phi) is 5.62. The van der Waals surface area contributed by atoms with Gasteiger partial charge in [0.1, 0.15) is 0 Å². The van der Waals surface area contributed by atoms with Crippen molar-refractivity contribution < 1.29 is 11.3 Å². The standard InChI is InChI=1S/C11H14N4O2S.C9H10.2H2/c1-13-18(16,17)8-3-4-10(12)9(5-8)11-6-15(2)7-14-11;1-2-5-9-7-3-6-8(9)4-1;;/h3-7,13H,12H2,1-2H3;1-2,4-5H,3,6-7H2;2*1H. The molecule has 0 spiro atoms. The van der Waals surface area contributed by atoms with Crippen LogP contribution in [-0.2, 0) is 29.9 Å². The summed E-state index contributed by atoms with van der Waals surface area (Å²) >= 11 is 0. The first-order valence-electron chi connectivity index (χ1n) is 8.79. The van der Waals surface area contributed by atoms with Gasteiger partial charge in [-0.1, -0.05) is 24.3 Å². The molecule has 1 aliphatic rings. The quantitative estimate of drug-likeness (QED) is 0.674. The molecule has 0 amide bonds. The van der Waals surface area contributed by atoms with E-state index < -0.39 is 10.0 Å². The average Bonchev–Trinajstić information content (AvgIpc) is 3.31. The smallest absolute Gasteiger partial charge is 0.240 e. The van der Waals surface area contributed by atoms with Gasteiger partial charge in [-0.2, -0.15) is 0 Å². The zero-order chi connectivity index (χ0) is 19.4. The molecule has 2 aromatic carbocycles. The number of nitrogens with two attached hydrogens (primary N) is 1. The molecule has 7 heteroatoms. The minimum atomic E-state index is -3.48. The zero-order valence-corrected chi connectivity index (χ0v) is 16.3. The Morgan fingerprint density at radius 1 is 1.15 bits per heavy atom. The molecule has 1 aromatic heterocycles. The van der Waals surface area contributed by atoms with Crippen LogP contribution in [0.25, 0.3) is 11.3 Å².